The fraction of sp³-hybridized carbons (Fsp3) is 0.438. The normalized spacial score (nSPS) is 24.3. The van der Waals surface area contributed by atoms with Crippen LogP contribution in [0.5, 0.6) is 0 Å². The summed E-state index contributed by atoms with van der Waals surface area (Å²) in [5, 5.41) is 9.06. The van der Waals surface area contributed by atoms with Gasteiger partial charge in [0, 0.05) is 25.7 Å². The first-order chi connectivity index (χ1) is 11.0. The fourth-order valence-corrected chi connectivity index (χ4v) is 3.08. The average molecular weight is 318 g/mol. The molecule has 0 radical (unpaired) electrons. The van der Waals surface area contributed by atoms with Crippen molar-refractivity contribution < 1.29 is 24.2 Å². The van der Waals surface area contributed by atoms with Crippen molar-refractivity contribution in [3.8, 4) is 0 Å². The summed E-state index contributed by atoms with van der Waals surface area (Å²) in [6.45, 7) is 0.535. The number of rotatable bonds is 2. The number of hydrogen-bond donors (Lipinski definition) is 1. The van der Waals surface area contributed by atoms with Crippen LogP contribution in [0.4, 0.5) is 5.69 Å². The summed E-state index contributed by atoms with van der Waals surface area (Å²) in [4.78, 5) is 39.1. The minimum Gasteiger partial charge on any atom is -0.479 e. The minimum absolute atomic E-state index is 0.0108. The van der Waals surface area contributed by atoms with Crippen LogP contribution in [-0.4, -0.2) is 60.6 Å². The number of carbonyl (C=O) groups excluding carboxylic acids is 2. The molecule has 23 heavy (non-hydrogen) atoms. The van der Waals surface area contributed by atoms with Crippen LogP contribution in [0.25, 0.3) is 0 Å². The van der Waals surface area contributed by atoms with Gasteiger partial charge < -0.3 is 19.6 Å². The highest BCUT2D eigenvalue weighted by atomic mass is 16.5. The largest absolute Gasteiger partial charge is 0.479 e. The molecule has 2 aliphatic heterocycles. The lowest BCUT2D eigenvalue weighted by Gasteiger charge is -2.36. The highest BCUT2D eigenvalue weighted by Gasteiger charge is 2.38. The molecule has 7 heteroatoms. The van der Waals surface area contributed by atoms with Gasteiger partial charge in [-0.15, -0.1) is 0 Å². The highest BCUT2D eigenvalue weighted by molar-refractivity contribution is 6.02. The third-order valence-corrected chi connectivity index (χ3v) is 4.38. The Morgan fingerprint density at radius 3 is 2.78 bits per heavy atom. The molecule has 3 rings (SSSR count). The lowest BCUT2D eigenvalue weighted by Crippen LogP contribution is -2.51. The SMILES string of the molecule is CN1C(=O)CC(C(=O)N2CCOC(C(=O)O)C2)c2ccccc21. The molecular formula is C16H18N2O5. The summed E-state index contributed by atoms with van der Waals surface area (Å²) in [6.07, 6.45) is -0.911. The fourth-order valence-electron chi connectivity index (χ4n) is 3.08. The number of amides is 2. The van der Waals surface area contributed by atoms with Crippen molar-refractivity contribution in [1.29, 1.82) is 0 Å². The number of carboxylic acid groups (broad SMARTS) is 1. The van der Waals surface area contributed by atoms with Crippen LogP contribution in [-0.2, 0) is 19.1 Å². The quantitative estimate of drug-likeness (QED) is 0.855. The zero-order valence-electron chi connectivity index (χ0n) is 12.8. The number of nitrogens with zero attached hydrogens (tertiary/aromatic N) is 2. The van der Waals surface area contributed by atoms with E-state index < -0.39 is 18.0 Å². The third-order valence-electron chi connectivity index (χ3n) is 4.38. The molecule has 0 aliphatic carbocycles. The Labute approximate surface area is 133 Å². The zero-order chi connectivity index (χ0) is 16.6. The number of hydrogen-bond acceptors (Lipinski definition) is 4. The molecule has 2 atom stereocenters. The minimum atomic E-state index is -1.08. The Morgan fingerprint density at radius 2 is 2.04 bits per heavy atom. The predicted octanol–water partition coefficient (Wildman–Crippen LogP) is 0.449. The summed E-state index contributed by atoms with van der Waals surface area (Å²) < 4.78 is 5.15. The van der Waals surface area contributed by atoms with Crippen LogP contribution >= 0.6 is 0 Å². The molecule has 1 N–H and O–H groups in total. The van der Waals surface area contributed by atoms with E-state index in [0.717, 1.165) is 11.3 Å². The van der Waals surface area contributed by atoms with Crippen molar-refractivity contribution in [2.75, 3.05) is 31.6 Å². The van der Waals surface area contributed by atoms with Gasteiger partial charge in [-0.3, -0.25) is 9.59 Å². The van der Waals surface area contributed by atoms with E-state index in [1.54, 1.807) is 11.9 Å². The zero-order valence-corrected chi connectivity index (χ0v) is 12.8. The Hall–Kier alpha value is -2.41. The van der Waals surface area contributed by atoms with Gasteiger partial charge >= 0.3 is 5.97 Å². The van der Waals surface area contributed by atoms with Gasteiger partial charge in [0.25, 0.3) is 0 Å². The third kappa shape index (κ3) is 2.79. The van der Waals surface area contributed by atoms with Gasteiger partial charge in [0.2, 0.25) is 11.8 Å². The van der Waals surface area contributed by atoms with Gasteiger partial charge in [0.15, 0.2) is 6.10 Å². The molecule has 0 aromatic heterocycles. The van der Waals surface area contributed by atoms with E-state index in [2.05, 4.69) is 0 Å². The molecule has 1 fully saturated rings. The number of carbonyl (C=O) groups is 3. The van der Waals surface area contributed by atoms with Crippen LogP contribution in [0.15, 0.2) is 24.3 Å². The first-order valence-electron chi connectivity index (χ1n) is 7.47. The summed E-state index contributed by atoms with van der Waals surface area (Å²) in [5.74, 6) is -1.98. The van der Waals surface area contributed by atoms with Crippen LogP contribution < -0.4 is 4.90 Å². The molecule has 1 saturated heterocycles. The van der Waals surface area contributed by atoms with E-state index in [9.17, 15) is 14.4 Å². The van der Waals surface area contributed by atoms with Crippen molar-refractivity contribution >= 4 is 23.5 Å². The van der Waals surface area contributed by atoms with Crippen molar-refractivity contribution in [3.63, 3.8) is 0 Å². The number of fused-ring (bicyclic) bond motifs is 1. The van der Waals surface area contributed by atoms with E-state index in [1.807, 2.05) is 24.3 Å². The van der Waals surface area contributed by atoms with Crippen LogP contribution in [0.3, 0.4) is 0 Å². The van der Waals surface area contributed by atoms with Crippen molar-refractivity contribution in [2.45, 2.75) is 18.4 Å². The number of carboxylic acids is 1. The van der Waals surface area contributed by atoms with Gasteiger partial charge in [-0.25, -0.2) is 4.79 Å². The van der Waals surface area contributed by atoms with Crippen LogP contribution in [0.2, 0.25) is 0 Å². The Balaban J connectivity index is 1.86. The molecule has 0 saturated carbocycles. The predicted molar refractivity (Wildman–Crippen MR) is 81.2 cm³/mol. The monoisotopic (exact) mass is 318 g/mol. The second-order valence-electron chi connectivity index (χ2n) is 5.75. The molecule has 0 spiro atoms. The molecule has 1 aromatic carbocycles. The Morgan fingerprint density at radius 1 is 1.30 bits per heavy atom. The molecule has 2 aliphatic rings. The van der Waals surface area contributed by atoms with Gasteiger partial charge in [-0.2, -0.15) is 0 Å². The number of anilines is 1. The van der Waals surface area contributed by atoms with Crippen molar-refractivity contribution in [1.82, 2.24) is 4.90 Å². The smallest absolute Gasteiger partial charge is 0.334 e. The number of para-hydroxylation sites is 1. The summed E-state index contributed by atoms with van der Waals surface area (Å²) in [5.41, 5.74) is 1.53. The maximum atomic E-state index is 12.8. The Kier molecular flexibility index (Phi) is 4.04. The maximum absolute atomic E-state index is 12.8. The Bertz CT molecular complexity index is 660. The standard InChI is InChI=1S/C16H18N2O5/c1-17-12-5-3-2-4-10(12)11(8-14(17)19)15(20)18-6-7-23-13(9-18)16(21)22/h2-5,11,13H,6-9H2,1H3,(H,21,22). The molecular weight excluding hydrogens is 300 g/mol. The van der Waals surface area contributed by atoms with Crippen LogP contribution in [0.1, 0.15) is 17.9 Å². The van der Waals surface area contributed by atoms with Gasteiger partial charge in [-0.05, 0) is 11.6 Å². The molecule has 2 heterocycles. The molecule has 122 valence electrons. The van der Waals surface area contributed by atoms with E-state index in [4.69, 9.17) is 9.84 Å². The van der Waals surface area contributed by atoms with Crippen molar-refractivity contribution in [3.05, 3.63) is 29.8 Å². The lowest BCUT2D eigenvalue weighted by atomic mass is 9.88. The van der Waals surface area contributed by atoms with Crippen molar-refractivity contribution in [2.24, 2.45) is 0 Å². The van der Waals surface area contributed by atoms with E-state index >= 15 is 0 Å². The summed E-state index contributed by atoms with van der Waals surface area (Å²) in [6, 6.07) is 7.31. The van der Waals surface area contributed by atoms with Gasteiger partial charge in [0.1, 0.15) is 0 Å². The molecule has 2 amide bonds. The number of aliphatic carboxylic acids is 1. The highest BCUT2D eigenvalue weighted by Crippen LogP contribution is 2.36. The summed E-state index contributed by atoms with van der Waals surface area (Å²) >= 11 is 0. The van der Waals surface area contributed by atoms with Gasteiger partial charge in [-0.1, -0.05) is 18.2 Å². The van der Waals surface area contributed by atoms with E-state index in [-0.39, 0.29) is 31.4 Å². The topological polar surface area (TPSA) is 87.2 Å². The second kappa shape index (κ2) is 6.00. The molecule has 1 aromatic rings. The second-order valence-corrected chi connectivity index (χ2v) is 5.75. The first-order valence-corrected chi connectivity index (χ1v) is 7.47. The van der Waals surface area contributed by atoms with E-state index in [0.29, 0.717) is 6.54 Å². The lowest BCUT2D eigenvalue weighted by molar-refractivity contribution is -0.160. The van der Waals surface area contributed by atoms with Crippen LogP contribution in [0, 0.1) is 0 Å². The average Bonchev–Trinajstić information content (AvgIpc) is 2.57. The number of benzene rings is 1. The maximum Gasteiger partial charge on any atom is 0.334 e. The van der Waals surface area contributed by atoms with Gasteiger partial charge in [0.05, 0.1) is 19.1 Å². The summed E-state index contributed by atoms with van der Waals surface area (Å²) in [7, 11) is 1.69. The molecule has 0 bridgehead atoms. The molecule has 2 unspecified atom stereocenters. The van der Waals surface area contributed by atoms with E-state index in [1.165, 1.54) is 4.90 Å². The molecule has 7 nitrogen and oxygen atoms in total. The number of morpholine rings is 1. The first kappa shape index (κ1) is 15.5. The number of ether oxygens (including phenoxy) is 1.